The second-order valence-electron chi connectivity index (χ2n) is 2.21. The van der Waals surface area contributed by atoms with Gasteiger partial charge in [0.05, 0.1) is 0 Å². The molecule has 7 heteroatoms. The number of aliphatic hydroxyl groups is 1. The van der Waals surface area contributed by atoms with Crippen molar-refractivity contribution in [3.05, 3.63) is 12.3 Å². The number of rotatable bonds is 0. The number of carbonyl (C=O) groups excluding carboxylic acids is 1. The largest absolute Gasteiger partial charge is 0.354 e. The van der Waals surface area contributed by atoms with Crippen molar-refractivity contribution in [1.29, 1.82) is 0 Å². The maximum absolute atomic E-state index is 10.3. The average molecular weight is 171 g/mol. The molecule has 2 amide bonds. The number of carbonyl (C=O) groups is 1. The molecule has 66 valence electrons. The SMILES string of the molecule is NC(=O)NC1=NC(N)(O)C=CN1. The molecule has 1 heterocycles. The molecule has 0 aliphatic carbocycles. The number of nitrogens with one attached hydrogen (secondary N) is 2. The average Bonchev–Trinajstić information content (AvgIpc) is 1.82. The van der Waals surface area contributed by atoms with Gasteiger partial charge < -0.3 is 16.2 Å². The van der Waals surface area contributed by atoms with Crippen LogP contribution in [0.2, 0.25) is 0 Å². The minimum atomic E-state index is -1.79. The normalized spacial score (nSPS) is 27.3. The number of nitrogens with zero attached hydrogens (tertiary/aromatic N) is 1. The van der Waals surface area contributed by atoms with E-state index in [1.54, 1.807) is 0 Å². The molecule has 7 nitrogen and oxygen atoms in total. The van der Waals surface area contributed by atoms with Gasteiger partial charge in [0.15, 0.2) is 0 Å². The van der Waals surface area contributed by atoms with Gasteiger partial charge in [0, 0.05) is 12.3 Å². The predicted octanol–water partition coefficient (Wildman–Crippen LogP) is -2.27. The molecule has 1 atom stereocenters. The molecule has 12 heavy (non-hydrogen) atoms. The summed E-state index contributed by atoms with van der Waals surface area (Å²) in [5.74, 6) is -1.78. The first-order valence-electron chi connectivity index (χ1n) is 3.11. The van der Waals surface area contributed by atoms with Gasteiger partial charge in [0.1, 0.15) is 0 Å². The first-order chi connectivity index (χ1) is 5.49. The van der Waals surface area contributed by atoms with Gasteiger partial charge in [-0.3, -0.25) is 11.1 Å². The Morgan fingerprint density at radius 1 is 1.83 bits per heavy atom. The molecule has 0 saturated carbocycles. The van der Waals surface area contributed by atoms with Crippen LogP contribution in [0.4, 0.5) is 4.79 Å². The second kappa shape index (κ2) is 2.80. The highest BCUT2D eigenvalue weighted by atomic mass is 16.3. The third kappa shape index (κ3) is 2.22. The second-order valence-corrected chi connectivity index (χ2v) is 2.21. The van der Waals surface area contributed by atoms with Crippen molar-refractivity contribution in [2.75, 3.05) is 0 Å². The fraction of sp³-hybridized carbons (Fsp3) is 0.200. The molecular weight excluding hydrogens is 162 g/mol. The van der Waals surface area contributed by atoms with Crippen molar-refractivity contribution >= 4 is 12.0 Å². The van der Waals surface area contributed by atoms with Crippen LogP contribution in [0.15, 0.2) is 17.3 Å². The molecule has 0 aromatic heterocycles. The van der Waals surface area contributed by atoms with Crippen LogP contribution in [-0.4, -0.2) is 22.9 Å². The number of amides is 2. The van der Waals surface area contributed by atoms with Gasteiger partial charge in [0.25, 0.3) is 0 Å². The lowest BCUT2D eigenvalue weighted by atomic mass is 10.4. The predicted molar refractivity (Wildman–Crippen MR) is 41.6 cm³/mol. The molecule has 7 N–H and O–H groups in total. The number of nitrogens with two attached hydrogens (primary N) is 2. The number of hydrogen-bond acceptors (Lipinski definition) is 5. The van der Waals surface area contributed by atoms with E-state index >= 15 is 0 Å². The Labute approximate surface area is 68.1 Å². The van der Waals surface area contributed by atoms with Gasteiger partial charge in [-0.2, -0.15) is 4.99 Å². The topological polar surface area (TPSA) is 126 Å². The minimum absolute atomic E-state index is 0.00926. The molecule has 0 bridgehead atoms. The molecular formula is C5H9N5O2. The first kappa shape index (κ1) is 8.50. The maximum Gasteiger partial charge on any atom is 0.318 e. The van der Waals surface area contributed by atoms with E-state index in [4.69, 9.17) is 16.6 Å². The van der Waals surface area contributed by atoms with Crippen LogP contribution in [0.5, 0.6) is 0 Å². The van der Waals surface area contributed by atoms with E-state index < -0.39 is 11.9 Å². The van der Waals surface area contributed by atoms with Crippen LogP contribution < -0.4 is 22.1 Å². The molecule has 0 saturated heterocycles. The molecule has 0 fully saturated rings. The Morgan fingerprint density at radius 3 is 3.00 bits per heavy atom. The summed E-state index contributed by atoms with van der Waals surface area (Å²) >= 11 is 0. The minimum Gasteiger partial charge on any atom is -0.354 e. The van der Waals surface area contributed by atoms with Gasteiger partial charge in [-0.15, -0.1) is 0 Å². The van der Waals surface area contributed by atoms with Gasteiger partial charge in [-0.25, -0.2) is 4.79 Å². The van der Waals surface area contributed by atoms with Crippen LogP contribution in [0, 0.1) is 0 Å². The van der Waals surface area contributed by atoms with Crippen molar-refractivity contribution in [1.82, 2.24) is 10.6 Å². The Bertz CT molecular complexity index is 257. The van der Waals surface area contributed by atoms with Crippen LogP contribution in [0.3, 0.4) is 0 Å². The van der Waals surface area contributed by atoms with Crippen LogP contribution in [0.25, 0.3) is 0 Å². The van der Waals surface area contributed by atoms with Gasteiger partial charge >= 0.3 is 6.03 Å². The fourth-order valence-electron chi connectivity index (χ4n) is 0.673. The van der Waals surface area contributed by atoms with Crippen molar-refractivity contribution in [3.63, 3.8) is 0 Å². The molecule has 1 rings (SSSR count). The Balaban J connectivity index is 2.68. The number of urea groups is 1. The third-order valence-electron chi connectivity index (χ3n) is 1.08. The Hall–Kier alpha value is -1.60. The van der Waals surface area contributed by atoms with E-state index in [0.29, 0.717) is 0 Å². The lowest BCUT2D eigenvalue weighted by Crippen LogP contribution is -2.49. The zero-order chi connectivity index (χ0) is 9.19. The lowest BCUT2D eigenvalue weighted by molar-refractivity contribution is 0.106. The van der Waals surface area contributed by atoms with Crippen molar-refractivity contribution in [2.45, 2.75) is 5.85 Å². The third-order valence-corrected chi connectivity index (χ3v) is 1.08. The maximum atomic E-state index is 10.3. The van der Waals surface area contributed by atoms with Crippen molar-refractivity contribution in [2.24, 2.45) is 16.5 Å². The van der Waals surface area contributed by atoms with E-state index in [-0.39, 0.29) is 5.96 Å². The molecule has 1 unspecified atom stereocenters. The highest BCUT2D eigenvalue weighted by molar-refractivity contribution is 5.96. The monoisotopic (exact) mass is 171 g/mol. The van der Waals surface area contributed by atoms with Crippen molar-refractivity contribution < 1.29 is 9.90 Å². The van der Waals surface area contributed by atoms with E-state index in [0.717, 1.165) is 0 Å². The van der Waals surface area contributed by atoms with Gasteiger partial charge in [-0.1, -0.05) is 0 Å². The molecule has 0 aromatic rings. The summed E-state index contributed by atoms with van der Waals surface area (Å²) in [6.07, 6.45) is 2.57. The Morgan fingerprint density at radius 2 is 2.50 bits per heavy atom. The molecule has 0 spiro atoms. The lowest BCUT2D eigenvalue weighted by Gasteiger charge is -2.19. The zero-order valence-corrected chi connectivity index (χ0v) is 6.11. The number of guanidine groups is 1. The van der Waals surface area contributed by atoms with Crippen LogP contribution in [-0.2, 0) is 0 Å². The molecule has 1 aliphatic heterocycles. The summed E-state index contributed by atoms with van der Waals surface area (Å²) in [5, 5.41) is 13.8. The smallest absolute Gasteiger partial charge is 0.318 e. The molecule has 0 aromatic carbocycles. The van der Waals surface area contributed by atoms with E-state index in [1.165, 1.54) is 12.3 Å². The summed E-state index contributed by atoms with van der Waals surface area (Å²) < 4.78 is 0. The van der Waals surface area contributed by atoms with Crippen LogP contribution >= 0.6 is 0 Å². The number of aliphatic imine (C=N–C) groups is 1. The van der Waals surface area contributed by atoms with E-state index in [1.807, 2.05) is 0 Å². The number of primary amides is 1. The van der Waals surface area contributed by atoms with E-state index in [9.17, 15) is 4.79 Å². The summed E-state index contributed by atoms with van der Waals surface area (Å²) in [7, 11) is 0. The van der Waals surface area contributed by atoms with Gasteiger partial charge in [0.2, 0.25) is 11.8 Å². The summed E-state index contributed by atoms with van der Waals surface area (Å²) in [4.78, 5) is 13.8. The van der Waals surface area contributed by atoms with Gasteiger partial charge in [-0.05, 0) is 0 Å². The highest BCUT2D eigenvalue weighted by Gasteiger charge is 2.19. The fourth-order valence-corrected chi connectivity index (χ4v) is 0.673. The zero-order valence-electron chi connectivity index (χ0n) is 6.11. The summed E-state index contributed by atoms with van der Waals surface area (Å²) in [6, 6.07) is -0.785. The molecule has 0 radical (unpaired) electrons. The highest BCUT2D eigenvalue weighted by Crippen LogP contribution is 2.01. The summed E-state index contributed by atoms with van der Waals surface area (Å²) in [6.45, 7) is 0. The Kier molecular flexibility index (Phi) is 1.98. The molecule has 1 aliphatic rings. The standard InChI is InChI=1S/C5H9N5O2/c6-3(11)9-4-8-2-1-5(7,12)10-4/h1-2,12H,7H2,(H4,6,8,9,10,11). The summed E-state index contributed by atoms with van der Waals surface area (Å²) in [5.41, 5.74) is 9.99. The first-order valence-corrected chi connectivity index (χ1v) is 3.11. The quantitative estimate of drug-likeness (QED) is 0.263. The van der Waals surface area contributed by atoms with Crippen LogP contribution in [0.1, 0.15) is 0 Å². The van der Waals surface area contributed by atoms with Crippen molar-refractivity contribution in [3.8, 4) is 0 Å². The number of hydrogen-bond donors (Lipinski definition) is 5. The van der Waals surface area contributed by atoms with E-state index in [2.05, 4.69) is 15.6 Å².